The lowest BCUT2D eigenvalue weighted by atomic mass is 10.1. The van der Waals surface area contributed by atoms with Crippen molar-refractivity contribution in [3.8, 4) is 5.75 Å². The lowest BCUT2D eigenvalue weighted by Crippen LogP contribution is -2.58. The number of aliphatic hydroxyl groups is 1. The Labute approximate surface area is 161 Å². The van der Waals surface area contributed by atoms with Crippen LogP contribution in [0.2, 0.25) is 0 Å². The molecule has 1 aliphatic heterocycles. The van der Waals surface area contributed by atoms with E-state index in [9.17, 15) is 9.90 Å². The maximum absolute atomic E-state index is 11.4. The molecule has 1 saturated carbocycles. The van der Waals surface area contributed by atoms with E-state index in [0.29, 0.717) is 19.5 Å². The van der Waals surface area contributed by atoms with Crippen LogP contribution in [0.4, 0.5) is 0 Å². The van der Waals surface area contributed by atoms with Crippen molar-refractivity contribution >= 4 is 30.7 Å². The Hall–Kier alpha value is -1.05. The van der Waals surface area contributed by atoms with E-state index in [2.05, 4.69) is 4.90 Å². The van der Waals surface area contributed by atoms with Crippen LogP contribution in [0, 0.1) is 0 Å². The Morgan fingerprint density at radius 1 is 1.16 bits per heavy atom. The number of halogens is 2. The summed E-state index contributed by atoms with van der Waals surface area (Å²) in [5, 5.41) is 10.7. The van der Waals surface area contributed by atoms with Crippen LogP contribution in [0.5, 0.6) is 5.75 Å². The van der Waals surface area contributed by atoms with E-state index >= 15 is 0 Å². The minimum atomic E-state index is -0.617. The molecule has 1 heterocycles. The number of nitrogens with two attached hydrogens (primary N) is 1. The van der Waals surface area contributed by atoms with Gasteiger partial charge >= 0.3 is 0 Å². The molecular formula is C17H27Cl2N3O3. The maximum atomic E-state index is 11.4. The lowest BCUT2D eigenvalue weighted by Gasteiger charge is -2.40. The first-order chi connectivity index (χ1) is 11.1. The normalized spacial score (nSPS) is 29.5. The summed E-state index contributed by atoms with van der Waals surface area (Å²) < 4.78 is 5.92. The molecule has 2 aliphatic rings. The predicted molar refractivity (Wildman–Crippen MR) is 102 cm³/mol. The Balaban J connectivity index is 0.00000156. The maximum Gasteiger partial charge on any atom is 0.219 e. The zero-order chi connectivity index (χ0) is 16.4. The lowest BCUT2D eigenvalue weighted by molar-refractivity contribution is -0.131. The van der Waals surface area contributed by atoms with Crippen molar-refractivity contribution in [3.63, 3.8) is 0 Å². The van der Waals surface area contributed by atoms with Crippen LogP contribution >= 0.6 is 24.8 Å². The highest BCUT2D eigenvalue weighted by molar-refractivity contribution is 5.85. The fourth-order valence-electron chi connectivity index (χ4n) is 3.63. The zero-order valence-corrected chi connectivity index (χ0v) is 15.9. The van der Waals surface area contributed by atoms with Crippen molar-refractivity contribution in [2.45, 2.75) is 37.6 Å². The van der Waals surface area contributed by atoms with E-state index in [1.165, 1.54) is 0 Å². The van der Waals surface area contributed by atoms with Gasteiger partial charge in [0.15, 0.2) is 0 Å². The molecule has 0 bridgehead atoms. The van der Waals surface area contributed by atoms with Crippen LogP contribution in [-0.2, 0) is 4.79 Å². The summed E-state index contributed by atoms with van der Waals surface area (Å²) in [6, 6.07) is 9.29. The van der Waals surface area contributed by atoms with E-state index in [1.807, 2.05) is 35.2 Å². The van der Waals surface area contributed by atoms with E-state index < -0.39 is 6.10 Å². The second-order valence-electron chi connectivity index (χ2n) is 6.39. The largest absolute Gasteiger partial charge is 0.488 e. The number of nitrogens with zero attached hydrogens (tertiary/aromatic N) is 2. The SMILES string of the molecule is CC(=O)N1CCN([C@@H]2[C@@H](O)[C@H](Oc3ccccc3)C[C@H]2N)CC1.Cl.Cl. The summed E-state index contributed by atoms with van der Waals surface area (Å²) in [7, 11) is 0. The molecule has 1 aliphatic carbocycles. The van der Waals surface area contributed by atoms with Crippen molar-refractivity contribution in [1.82, 2.24) is 9.80 Å². The number of carbonyl (C=O) groups excluding carboxylic acids is 1. The molecule has 2 fully saturated rings. The molecule has 1 aromatic carbocycles. The summed E-state index contributed by atoms with van der Waals surface area (Å²) in [6.07, 6.45) is -0.273. The first kappa shape index (κ1) is 22.0. The van der Waals surface area contributed by atoms with Gasteiger partial charge in [0, 0.05) is 45.6 Å². The molecule has 0 spiro atoms. The van der Waals surface area contributed by atoms with E-state index in [4.69, 9.17) is 10.5 Å². The van der Waals surface area contributed by atoms with Crippen LogP contribution in [0.15, 0.2) is 30.3 Å². The van der Waals surface area contributed by atoms with Crippen LogP contribution in [0.25, 0.3) is 0 Å². The van der Waals surface area contributed by atoms with E-state index in [0.717, 1.165) is 18.8 Å². The predicted octanol–water partition coefficient (Wildman–Crippen LogP) is 0.902. The topological polar surface area (TPSA) is 79.0 Å². The number of ether oxygens (including phenoxy) is 1. The molecule has 1 saturated heterocycles. The number of benzene rings is 1. The third-order valence-electron chi connectivity index (χ3n) is 4.89. The zero-order valence-electron chi connectivity index (χ0n) is 14.3. The van der Waals surface area contributed by atoms with E-state index in [-0.39, 0.29) is 48.9 Å². The number of rotatable bonds is 3. The van der Waals surface area contributed by atoms with Gasteiger partial charge < -0.3 is 20.5 Å². The van der Waals surface area contributed by atoms with Gasteiger partial charge in [-0.3, -0.25) is 9.69 Å². The summed E-state index contributed by atoms with van der Waals surface area (Å²) in [5.74, 6) is 0.858. The van der Waals surface area contributed by atoms with Gasteiger partial charge in [-0.05, 0) is 12.1 Å². The molecule has 6 nitrogen and oxygen atoms in total. The van der Waals surface area contributed by atoms with Gasteiger partial charge in [0.05, 0.1) is 6.04 Å². The number of piperazine rings is 1. The average Bonchev–Trinajstić information content (AvgIpc) is 2.82. The Morgan fingerprint density at radius 3 is 2.32 bits per heavy atom. The standard InChI is InChI=1S/C17H25N3O3.2ClH/c1-12(21)19-7-9-20(10-8-19)16-14(18)11-15(17(16)22)23-13-5-3-2-4-6-13;;/h2-6,14-17,22H,7-11,18H2,1H3;2*1H/t14-,15-,16+,17+;;/m1../s1. The highest BCUT2D eigenvalue weighted by Crippen LogP contribution is 2.28. The second kappa shape index (κ2) is 9.59. The second-order valence-corrected chi connectivity index (χ2v) is 6.39. The molecule has 8 heteroatoms. The van der Waals surface area contributed by atoms with Crippen molar-refractivity contribution in [2.75, 3.05) is 26.2 Å². The van der Waals surface area contributed by atoms with Gasteiger partial charge in [-0.1, -0.05) is 18.2 Å². The number of hydrogen-bond donors (Lipinski definition) is 2. The highest BCUT2D eigenvalue weighted by Gasteiger charge is 2.45. The minimum Gasteiger partial charge on any atom is -0.488 e. The van der Waals surface area contributed by atoms with Crippen molar-refractivity contribution in [2.24, 2.45) is 5.73 Å². The number of para-hydroxylation sites is 1. The summed E-state index contributed by atoms with van der Waals surface area (Å²) in [6.45, 7) is 4.46. The molecule has 3 rings (SSSR count). The van der Waals surface area contributed by atoms with Gasteiger partial charge in [0.25, 0.3) is 0 Å². The third kappa shape index (κ3) is 4.99. The van der Waals surface area contributed by atoms with Crippen LogP contribution in [-0.4, -0.2) is 71.3 Å². The molecule has 4 atom stereocenters. The Bertz CT molecular complexity index is 541. The molecular weight excluding hydrogens is 365 g/mol. The number of aliphatic hydroxyl groups excluding tert-OH is 1. The first-order valence-corrected chi connectivity index (χ1v) is 8.21. The fourth-order valence-corrected chi connectivity index (χ4v) is 3.63. The van der Waals surface area contributed by atoms with Gasteiger partial charge in [-0.25, -0.2) is 0 Å². The smallest absolute Gasteiger partial charge is 0.219 e. The van der Waals surface area contributed by atoms with Crippen molar-refractivity contribution in [1.29, 1.82) is 0 Å². The molecule has 0 radical (unpaired) electrons. The Kier molecular flexibility index (Phi) is 8.44. The molecule has 25 heavy (non-hydrogen) atoms. The first-order valence-electron chi connectivity index (χ1n) is 8.21. The summed E-state index contributed by atoms with van der Waals surface area (Å²) in [4.78, 5) is 15.5. The minimum absolute atomic E-state index is 0. The number of carbonyl (C=O) groups is 1. The summed E-state index contributed by atoms with van der Waals surface area (Å²) in [5.41, 5.74) is 6.28. The van der Waals surface area contributed by atoms with E-state index in [1.54, 1.807) is 6.92 Å². The van der Waals surface area contributed by atoms with Crippen LogP contribution in [0.3, 0.4) is 0 Å². The molecule has 1 aromatic rings. The van der Waals surface area contributed by atoms with Crippen molar-refractivity contribution in [3.05, 3.63) is 30.3 Å². The molecule has 3 N–H and O–H groups in total. The van der Waals surface area contributed by atoms with Gasteiger partial charge in [-0.15, -0.1) is 24.8 Å². The van der Waals surface area contributed by atoms with Gasteiger partial charge in [-0.2, -0.15) is 0 Å². The molecule has 142 valence electrons. The molecule has 0 unspecified atom stereocenters. The Morgan fingerprint density at radius 2 is 1.76 bits per heavy atom. The number of amides is 1. The number of hydrogen-bond acceptors (Lipinski definition) is 5. The molecule has 1 amide bonds. The highest BCUT2D eigenvalue weighted by atomic mass is 35.5. The van der Waals surface area contributed by atoms with Gasteiger partial charge in [0.2, 0.25) is 5.91 Å². The third-order valence-corrected chi connectivity index (χ3v) is 4.89. The van der Waals surface area contributed by atoms with Gasteiger partial charge in [0.1, 0.15) is 18.0 Å². The fraction of sp³-hybridized carbons (Fsp3) is 0.588. The van der Waals surface area contributed by atoms with Crippen LogP contribution in [0.1, 0.15) is 13.3 Å². The average molecular weight is 392 g/mol. The quantitative estimate of drug-likeness (QED) is 0.799. The van der Waals surface area contributed by atoms with Crippen LogP contribution < -0.4 is 10.5 Å². The van der Waals surface area contributed by atoms with Crippen molar-refractivity contribution < 1.29 is 14.6 Å². The monoisotopic (exact) mass is 391 g/mol. The molecule has 0 aromatic heterocycles. The summed E-state index contributed by atoms with van der Waals surface area (Å²) >= 11 is 0.